The fraction of sp³-hybridized carbons (Fsp3) is 0.440. The standard InChI is InChI=1S/C25H33Cl2N3O4S/c1-7-18-11-8-9-14-22(18)30(35(6,33)34)16-23(31)29(17(2)24(32)28-25(3,4)5)15-19-20(26)12-10-13-21(19)27/h8-14,17H,7,15-16H2,1-6H3,(H,28,32). The predicted molar refractivity (Wildman–Crippen MR) is 142 cm³/mol. The van der Waals surface area contributed by atoms with Crippen molar-refractivity contribution in [2.75, 3.05) is 17.1 Å². The maximum absolute atomic E-state index is 13.7. The molecule has 0 radical (unpaired) electrons. The van der Waals surface area contributed by atoms with Gasteiger partial charge in [0.2, 0.25) is 21.8 Å². The average molecular weight is 543 g/mol. The molecule has 192 valence electrons. The second-order valence-electron chi connectivity index (χ2n) is 9.39. The number of carbonyl (C=O) groups is 2. The van der Waals surface area contributed by atoms with Crippen molar-refractivity contribution in [3.8, 4) is 0 Å². The molecule has 2 aromatic carbocycles. The second kappa shape index (κ2) is 11.6. The molecule has 0 aliphatic rings. The lowest BCUT2D eigenvalue weighted by molar-refractivity contribution is -0.140. The average Bonchev–Trinajstić information content (AvgIpc) is 2.74. The topological polar surface area (TPSA) is 86.8 Å². The highest BCUT2D eigenvalue weighted by Gasteiger charge is 2.32. The third-order valence-corrected chi connectivity index (χ3v) is 7.21. The van der Waals surface area contributed by atoms with Crippen LogP contribution in [-0.4, -0.2) is 49.5 Å². The third-order valence-electron chi connectivity index (χ3n) is 5.38. The van der Waals surface area contributed by atoms with Crippen molar-refractivity contribution in [3.63, 3.8) is 0 Å². The largest absolute Gasteiger partial charge is 0.350 e. The van der Waals surface area contributed by atoms with E-state index in [0.29, 0.717) is 27.7 Å². The Morgan fingerprint density at radius 3 is 2.11 bits per heavy atom. The summed E-state index contributed by atoms with van der Waals surface area (Å²) in [6.07, 6.45) is 1.64. The van der Waals surface area contributed by atoms with Gasteiger partial charge in [0.15, 0.2) is 0 Å². The maximum Gasteiger partial charge on any atom is 0.244 e. The summed E-state index contributed by atoms with van der Waals surface area (Å²) in [6, 6.07) is 11.1. The van der Waals surface area contributed by atoms with Gasteiger partial charge < -0.3 is 10.2 Å². The minimum Gasteiger partial charge on any atom is -0.350 e. The fourth-order valence-corrected chi connectivity index (χ4v) is 4.96. The normalized spacial score (nSPS) is 12.7. The molecule has 0 aliphatic carbocycles. The number of hydrogen-bond donors (Lipinski definition) is 1. The number of carbonyl (C=O) groups excluding carboxylic acids is 2. The first-order valence-electron chi connectivity index (χ1n) is 11.3. The Labute approximate surface area is 218 Å². The molecule has 7 nitrogen and oxygen atoms in total. The highest BCUT2D eigenvalue weighted by atomic mass is 35.5. The van der Waals surface area contributed by atoms with Crippen molar-refractivity contribution in [1.82, 2.24) is 10.2 Å². The summed E-state index contributed by atoms with van der Waals surface area (Å²) in [6.45, 7) is 8.46. The van der Waals surface area contributed by atoms with E-state index in [1.807, 2.05) is 39.8 Å². The molecule has 1 atom stereocenters. The van der Waals surface area contributed by atoms with Crippen LogP contribution in [-0.2, 0) is 32.6 Å². The molecule has 0 fully saturated rings. The van der Waals surface area contributed by atoms with E-state index in [0.717, 1.165) is 16.1 Å². The van der Waals surface area contributed by atoms with Gasteiger partial charge in [0, 0.05) is 27.7 Å². The first-order valence-corrected chi connectivity index (χ1v) is 13.9. The SMILES string of the molecule is CCc1ccccc1N(CC(=O)N(Cc1c(Cl)cccc1Cl)C(C)C(=O)NC(C)(C)C)S(C)(=O)=O. The molecule has 0 heterocycles. The number of halogens is 2. The van der Waals surface area contributed by atoms with E-state index in [-0.39, 0.29) is 12.5 Å². The van der Waals surface area contributed by atoms with Gasteiger partial charge in [-0.2, -0.15) is 0 Å². The van der Waals surface area contributed by atoms with E-state index in [9.17, 15) is 18.0 Å². The number of nitrogens with zero attached hydrogens (tertiary/aromatic N) is 2. The molecule has 0 aromatic heterocycles. The highest BCUT2D eigenvalue weighted by molar-refractivity contribution is 7.92. The van der Waals surface area contributed by atoms with E-state index in [1.54, 1.807) is 37.3 Å². The molecule has 0 bridgehead atoms. The van der Waals surface area contributed by atoms with Crippen molar-refractivity contribution >= 4 is 50.7 Å². The first-order chi connectivity index (χ1) is 16.2. The molecule has 1 unspecified atom stereocenters. The summed E-state index contributed by atoms with van der Waals surface area (Å²) in [7, 11) is -3.81. The number of benzene rings is 2. The zero-order valence-corrected chi connectivity index (χ0v) is 23.3. The molecular formula is C25H33Cl2N3O4S. The molecule has 0 saturated heterocycles. The number of amides is 2. The van der Waals surface area contributed by atoms with Gasteiger partial charge in [0.05, 0.1) is 11.9 Å². The minimum atomic E-state index is -3.81. The summed E-state index contributed by atoms with van der Waals surface area (Å²) in [5.41, 5.74) is 1.15. The van der Waals surface area contributed by atoms with Gasteiger partial charge >= 0.3 is 0 Å². The van der Waals surface area contributed by atoms with Gasteiger partial charge in [-0.1, -0.05) is 54.4 Å². The molecule has 2 amide bonds. The summed E-state index contributed by atoms with van der Waals surface area (Å²) >= 11 is 12.7. The molecule has 0 saturated carbocycles. The Balaban J connectivity index is 2.51. The van der Waals surface area contributed by atoms with E-state index < -0.39 is 34.1 Å². The van der Waals surface area contributed by atoms with E-state index in [4.69, 9.17) is 23.2 Å². The first kappa shape index (κ1) is 28.9. The lowest BCUT2D eigenvalue weighted by Gasteiger charge is -2.33. The molecular weight excluding hydrogens is 509 g/mol. The van der Waals surface area contributed by atoms with Crippen LogP contribution in [0.4, 0.5) is 5.69 Å². The Morgan fingerprint density at radius 2 is 1.60 bits per heavy atom. The molecule has 2 rings (SSSR count). The van der Waals surface area contributed by atoms with Crippen molar-refractivity contribution in [2.24, 2.45) is 0 Å². The molecule has 1 N–H and O–H groups in total. The quantitative estimate of drug-likeness (QED) is 0.500. The number of sulfonamides is 1. The van der Waals surface area contributed by atoms with Crippen molar-refractivity contribution in [3.05, 3.63) is 63.6 Å². The van der Waals surface area contributed by atoms with Crippen molar-refractivity contribution in [2.45, 2.75) is 59.2 Å². The van der Waals surface area contributed by atoms with Crippen LogP contribution >= 0.6 is 23.2 Å². The van der Waals surface area contributed by atoms with Crippen LogP contribution in [0, 0.1) is 0 Å². The van der Waals surface area contributed by atoms with Crippen molar-refractivity contribution in [1.29, 1.82) is 0 Å². The number of anilines is 1. The molecule has 35 heavy (non-hydrogen) atoms. The van der Waals surface area contributed by atoms with E-state index >= 15 is 0 Å². The molecule has 2 aromatic rings. The lowest BCUT2D eigenvalue weighted by Crippen LogP contribution is -2.54. The second-order valence-corrected chi connectivity index (χ2v) is 12.1. The van der Waals surface area contributed by atoms with Gasteiger partial charge in [-0.25, -0.2) is 8.42 Å². The smallest absolute Gasteiger partial charge is 0.244 e. The summed E-state index contributed by atoms with van der Waals surface area (Å²) in [4.78, 5) is 28.0. The van der Waals surface area contributed by atoms with E-state index in [1.165, 1.54) is 4.90 Å². The Morgan fingerprint density at radius 1 is 1.03 bits per heavy atom. The molecule has 0 aliphatic heterocycles. The van der Waals surface area contributed by atoms with Gasteiger partial charge in [0.1, 0.15) is 12.6 Å². The zero-order chi connectivity index (χ0) is 26.6. The predicted octanol–water partition coefficient (Wildman–Crippen LogP) is 4.65. The van der Waals surface area contributed by atoms with Gasteiger partial charge in [-0.15, -0.1) is 0 Å². The lowest BCUT2D eigenvalue weighted by atomic mass is 10.1. The Kier molecular flexibility index (Phi) is 9.62. The van der Waals surface area contributed by atoms with Crippen LogP contribution in [0.15, 0.2) is 42.5 Å². The highest BCUT2D eigenvalue weighted by Crippen LogP contribution is 2.28. The third kappa shape index (κ3) is 7.85. The summed E-state index contributed by atoms with van der Waals surface area (Å²) < 4.78 is 26.6. The minimum absolute atomic E-state index is 0.0664. The van der Waals surface area contributed by atoms with E-state index in [2.05, 4.69) is 5.32 Å². The fourth-order valence-electron chi connectivity index (χ4n) is 3.56. The van der Waals surface area contributed by atoms with Crippen LogP contribution in [0.1, 0.15) is 45.7 Å². The van der Waals surface area contributed by atoms with Crippen LogP contribution in [0.5, 0.6) is 0 Å². The Hall–Kier alpha value is -2.29. The molecule has 10 heteroatoms. The number of aryl methyl sites for hydroxylation is 1. The Bertz CT molecular complexity index is 1160. The summed E-state index contributed by atoms with van der Waals surface area (Å²) in [5.74, 6) is -0.942. The van der Waals surface area contributed by atoms with Crippen LogP contribution in [0.25, 0.3) is 0 Å². The molecule has 0 spiro atoms. The van der Waals surface area contributed by atoms with Crippen molar-refractivity contribution < 1.29 is 18.0 Å². The monoisotopic (exact) mass is 541 g/mol. The van der Waals surface area contributed by atoms with Gasteiger partial charge in [0.25, 0.3) is 0 Å². The van der Waals surface area contributed by atoms with Crippen LogP contribution < -0.4 is 9.62 Å². The number of rotatable bonds is 9. The summed E-state index contributed by atoms with van der Waals surface area (Å²) in [5, 5.41) is 3.56. The number of nitrogens with one attached hydrogen (secondary N) is 1. The van der Waals surface area contributed by atoms with Crippen LogP contribution in [0.3, 0.4) is 0 Å². The van der Waals surface area contributed by atoms with Gasteiger partial charge in [-0.3, -0.25) is 13.9 Å². The zero-order valence-electron chi connectivity index (χ0n) is 20.9. The number of para-hydroxylation sites is 1. The number of hydrogen-bond acceptors (Lipinski definition) is 4. The van der Waals surface area contributed by atoms with Crippen LogP contribution in [0.2, 0.25) is 10.0 Å². The maximum atomic E-state index is 13.7. The van der Waals surface area contributed by atoms with Gasteiger partial charge in [-0.05, 0) is 57.9 Å².